The number of carbonyl (C=O) groups excluding carboxylic acids is 1. The normalized spacial score (nSPS) is 11.6. The van der Waals surface area contributed by atoms with Crippen molar-refractivity contribution in [2.45, 2.75) is 18.7 Å². The van der Waals surface area contributed by atoms with Crippen molar-refractivity contribution in [3.8, 4) is 0 Å². The average molecular weight is 408 g/mol. The van der Waals surface area contributed by atoms with E-state index in [1.807, 2.05) is 0 Å². The second-order valence-electron chi connectivity index (χ2n) is 5.34. The molecule has 0 atom stereocenters. The molecular formula is C17H14BrNO4S. The molecule has 0 aliphatic rings. The summed E-state index contributed by atoms with van der Waals surface area (Å²) in [7, 11) is -3.73. The lowest BCUT2D eigenvalue weighted by Crippen LogP contribution is -2.13. The molecule has 0 spiro atoms. The molecule has 0 amide bonds. The van der Waals surface area contributed by atoms with E-state index in [2.05, 4.69) is 20.7 Å². The van der Waals surface area contributed by atoms with E-state index in [0.717, 1.165) is 0 Å². The lowest BCUT2D eigenvalue weighted by Gasteiger charge is -2.10. The Bertz CT molecular complexity index is 1040. The van der Waals surface area contributed by atoms with Crippen LogP contribution in [0.3, 0.4) is 0 Å². The Morgan fingerprint density at radius 2 is 1.83 bits per heavy atom. The molecule has 1 heterocycles. The van der Waals surface area contributed by atoms with E-state index in [0.29, 0.717) is 32.5 Å². The van der Waals surface area contributed by atoms with Gasteiger partial charge in [-0.1, -0.05) is 18.2 Å². The summed E-state index contributed by atoms with van der Waals surface area (Å²) in [6.07, 6.45) is 0. The minimum Gasteiger partial charge on any atom is -0.461 e. The van der Waals surface area contributed by atoms with Crippen LogP contribution in [0.15, 0.2) is 56.2 Å². The molecule has 0 bridgehead atoms. The summed E-state index contributed by atoms with van der Waals surface area (Å²) in [5.41, 5.74) is 1.32. The maximum atomic E-state index is 12.5. The lowest BCUT2D eigenvalue weighted by atomic mass is 10.1. The third-order valence-electron chi connectivity index (χ3n) is 3.60. The minimum absolute atomic E-state index is 0.134. The van der Waals surface area contributed by atoms with Gasteiger partial charge in [0.2, 0.25) is 0 Å². The first kappa shape index (κ1) is 16.7. The minimum atomic E-state index is -3.73. The highest BCUT2D eigenvalue weighted by atomic mass is 79.9. The summed E-state index contributed by atoms with van der Waals surface area (Å²) >= 11 is 3.34. The number of nitrogens with one attached hydrogen (secondary N) is 1. The van der Waals surface area contributed by atoms with Crippen molar-refractivity contribution in [3.05, 3.63) is 58.3 Å². The van der Waals surface area contributed by atoms with Crippen molar-refractivity contribution >= 4 is 48.4 Å². The Hall–Kier alpha value is -2.12. The van der Waals surface area contributed by atoms with Gasteiger partial charge in [0.05, 0.1) is 16.1 Å². The fraction of sp³-hybridized carbons (Fsp3) is 0.118. The van der Waals surface area contributed by atoms with Gasteiger partial charge in [-0.05, 0) is 54.0 Å². The van der Waals surface area contributed by atoms with Crippen molar-refractivity contribution in [2.24, 2.45) is 0 Å². The number of hydrogen-bond acceptors (Lipinski definition) is 4. The molecule has 0 fully saturated rings. The molecule has 5 nitrogen and oxygen atoms in total. The van der Waals surface area contributed by atoms with E-state index < -0.39 is 10.0 Å². The Morgan fingerprint density at radius 3 is 2.46 bits per heavy atom. The number of furan rings is 1. The first-order valence-electron chi connectivity index (χ1n) is 7.11. The zero-order chi connectivity index (χ0) is 17.5. The number of fused-ring (bicyclic) bond motifs is 1. The lowest BCUT2D eigenvalue weighted by molar-refractivity contribution is 0.101. The van der Waals surface area contributed by atoms with E-state index in [1.165, 1.54) is 19.1 Å². The zero-order valence-corrected chi connectivity index (χ0v) is 15.4. The number of halogens is 1. The highest BCUT2D eigenvalue weighted by Crippen LogP contribution is 2.34. The molecule has 0 unspecified atom stereocenters. The van der Waals surface area contributed by atoms with Crippen LogP contribution in [0, 0.1) is 6.92 Å². The number of Topliss-reactive ketones (excluding diaryl/α,β-unsaturated/α-hetero) is 1. The van der Waals surface area contributed by atoms with E-state index in [-0.39, 0.29) is 10.7 Å². The molecule has 0 aliphatic carbocycles. The third kappa shape index (κ3) is 2.97. The standard InChI is InChI=1S/C17H14BrNO4S/c1-10(20)17-11(2)23-16-9-14(18)15(8-13(16)17)19-24(21,22)12-6-4-3-5-7-12/h3-9,19H,1-2H3. The molecule has 3 aromatic rings. The maximum Gasteiger partial charge on any atom is 0.261 e. The van der Waals surface area contributed by atoms with Gasteiger partial charge < -0.3 is 4.42 Å². The van der Waals surface area contributed by atoms with Crippen LogP contribution in [-0.2, 0) is 10.0 Å². The number of sulfonamides is 1. The van der Waals surface area contributed by atoms with Crippen LogP contribution >= 0.6 is 15.9 Å². The van der Waals surface area contributed by atoms with Gasteiger partial charge in [-0.2, -0.15) is 0 Å². The summed E-state index contributed by atoms with van der Waals surface area (Å²) < 4.78 is 33.6. The van der Waals surface area contributed by atoms with Crippen LogP contribution in [0.25, 0.3) is 11.0 Å². The summed E-state index contributed by atoms with van der Waals surface area (Å²) in [6, 6.07) is 11.3. The van der Waals surface area contributed by atoms with Gasteiger partial charge in [-0.25, -0.2) is 8.42 Å². The van der Waals surface area contributed by atoms with Crippen LogP contribution < -0.4 is 4.72 Å². The van der Waals surface area contributed by atoms with Crippen LogP contribution in [0.2, 0.25) is 0 Å². The molecule has 24 heavy (non-hydrogen) atoms. The van der Waals surface area contributed by atoms with Gasteiger partial charge in [-0.3, -0.25) is 9.52 Å². The topological polar surface area (TPSA) is 76.4 Å². The Balaban J connectivity index is 2.12. The highest BCUT2D eigenvalue weighted by molar-refractivity contribution is 9.10. The molecule has 0 saturated carbocycles. The molecule has 3 rings (SSSR count). The molecule has 2 aromatic carbocycles. The quantitative estimate of drug-likeness (QED) is 0.645. The number of anilines is 1. The third-order valence-corrected chi connectivity index (χ3v) is 5.64. The van der Waals surface area contributed by atoms with Crippen molar-refractivity contribution in [1.29, 1.82) is 0 Å². The molecular weight excluding hydrogens is 394 g/mol. The second kappa shape index (κ2) is 6.07. The highest BCUT2D eigenvalue weighted by Gasteiger charge is 2.20. The van der Waals surface area contributed by atoms with Crippen molar-refractivity contribution in [2.75, 3.05) is 4.72 Å². The van der Waals surface area contributed by atoms with Crippen LogP contribution in [0.4, 0.5) is 5.69 Å². The van der Waals surface area contributed by atoms with Gasteiger partial charge in [0.15, 0.2) is 5.78 Å². The van der Waals surface area contributed by atoms with E-state index >= 15 is 0 Å². The van der Waals surface area contributed by atoms with Crippen LogP contribution in [-0.4, -0.2) is 14.2 Å². The Labute approximate surface area is 147 Å². The fourth-order valence-electron chi connectivity index (χ4n) is 2.56. The zero-order valence-electron chi connectivity index (χ0n) is 13.0. The molecule has 0 radical (unpaired) electrons. The van der Waals surface area contributed by atoms with E-state index in [9.17, 15) is 13.2 Å². The van der Waals surface area contributed by atoms with Gasteiger partial charge in [-0.15, -0.1) is 0 Å². The van der Waals surface area contributed by atoms with Crippen molar-refractivity contribution < 1.29 is 17.6 Å². The molecule has 0 saturated heterocycles. The summed E-state index contributed by atoms with van der Waals surface area (Å²) in [6.45, 7) is 3.16. The molecule has 0 aliphatic heterocycles. The molecule has 7 heteroatoms. The number of ketones is 1. The van der Waals surface area contributed by atoms with Gasteiger partial charge in [0.1, 0.15) is 11.3 Å². The molecule has 124 valence electrons. The van der Waals surface area contributed by atoms with Crippen LogP contribution in [0.1, 0.15) is 23.0 Å². The first-order valence-corrected chi connectivity index (χ1v) is 9.38. The van der Waals surface area contributed by atoms with Gasteiger partial charge >= 0.3 is 0 Å². The monoisotopic (exact) mass is 407 g/mol. The molecule has 1 aromatic heterocycles. The number of carbonyl (C=O) groups is 1. The second-order valence-corrected chi connectivity index (χ2v) is 7.87. The Morgan fingerprint density at radius 1 is 1.17 bits per heavy atom. The van der Waals surface area contributed by atoms with Crippen molar-refractivity contribution in [1.82, 2.24) is 0 Å². The summed E-state index contributed by atoms with van der Waals surface area (Å²) in [4.78, 5) is 12.0. The van der Waals surface area contributed by atoms with Gasteiger partial charge in [0, 0.05) is 9.86 Å². The van der Waals surface area contributed by atoms with Gasteiger partial charge in [0.25, 0.3) is 10.0 Å². The van der Waals surface area contributed by atoms with Crippen LogP contribution in [0.5, 0.6) is 0 Å². The maximum absolute atomic E-state index is 12.5. The predicted molar refractivity (Wildman–Crippen MR) is 95.9 cm³/mol. The number of benzene rings is 2. The number of hydrogen-bond donors (Lipinski definition) is 1. The summed E-state index contributed by atoms with van der Waals surface area (Å²) in [5.74, 6) is 0.373. The smallest absolute Gasteiger partial charge is 0.261 e. The fourth-order valence-corrected chi connectivity index (χ4v) is 4.20. The first-order chi connectivity index (χ1) is 11.3. The summed E-state index contributed by atoms with van der Waals surface area (Å²) in [5, 5.41) is 0.578. The number of aryl methyl sites for hydroxylation is 1. The average Bonchev–Trinajstić information content (AvgIpc) is 2.83. The van der Waals surface area contributed by atoms with Crippen molar-refractivity contribution in [3.63, 3.8) is 0 Å². The van der Waals surface area contributed by atoms with E-state index in [1.54, 1.807) is 37.3 Å². The van der Waals surface area contributed by atoms with E-state index in [4.69, 9.17) is 4.42 Å². The Kier molecular flexibility index (Phi) is 4.23. The predicted octanol–water partition coefficient (Wildman–Crippen LogP) is 4.51. The SMILES string of the molecule is CC(=O)c1c(C)oc2cc(Br)c(NS(=O)(=O)c3ccccc3)cc12. The number of rotatable bonds is 4. The largest absolute Gasteiger partial charge is 0.461 e. The molecule has 1 N–H and O–H groups in total.